The number of rotatable bonds is 4. The lowest BCUT2D eigenvalue weighted by Crippen LogP contribution is -2.31. The second kappa shape index (κ2) is 5.34. The van der Waals surface area contributed by atoms with Crippen molar-refractivity contribution in [2.45, 2.75) is 25.7 Å². The van der Waals surface area contributed by atoms with E-state index in [0.717, 1.165) is 24.8 Å². The first-order valence-corrected chi connectivity index (χ1v) is 6.23. The van der Waals surface area contributed by atoms with E-state index in [1.807, 2.05) is 24.0 Å². The van der Waals surface area contributed by atoms with E-state index in [1.165, 1.54) is 25.7 Å². The fourth-order valence-corrected chi connectivity index (χ4v) is 2.65. The topological polar surface area (TPSA) is 55.9 Å². The highest BCUT2D eigenvalue weighted by Crippen LogP contribution is 2.29. The molecule has 1 fully saturated rings. The molecule has 0 aliphatic heterocycles. The molecule has 0 radical (unpaired) electrons. The van der Waals surface area contributed by atoms with Crippen LogP contribution >= 0.6 is 0 Å². The fraction of sp³-hybridized carbons (Fsp3) is 0.750. The molecule has 1 aromatic heterocycles. The van der Waals surface area contributed by atoms with Crippen LogP contribution in [0.1, 0.15) is 25.7 Å². The van der Waals surface area contributed by atoms with Gasteiger partial charge in [0.1, 0.15) is 5.82 Å². The van der Waals surface area contributed by atoms with Crippen LogP contribution in [0.15, 0.2) is 12.3 Å². The minimum Gasteiger partial charge on any atom is -0.370 e. The molecule has 1 heterocycles. The van der Waals surface area contributed by atoms with Gasteiger partial charge in [-0.1, -0.05) is 12.8 Å². The molecule has 3 N–H and O–H groups in total. The molecule has 16 heavy (non-hydrogen) atoms. The molecule has 0 spiro atoms. The molecule has 0 saturated heterocycles. The fourth-order valence-electron chi connectivity index (χ4n) is 2.65. The molecule has 0 amide bonds. The molecule has 90 valence electrons. The van der Waals surface area contributed by atoms with Crippen LogP contribution in [0.4, 0.5) is 5.82 Å². The van der Waals surface area contributed by atoms with Crippen LogP contribution in [-0.4, -0.2) is 22.9 Å². The molecule has 0 bridgehead atoms. The summed E-state index contributed by atoms with van der Waals surface area (Å²) in [7, 11) is 1.96. The Bertz CT molecular complexity index is 321. The van der Waals surface area contributed by atoms with Crippen LogP contribution in [0.3, 0.4) is 0 Å². The van der Waals surface area contributed by atoms with Crippen molar-refractivity contribution in [2.24, 2.45) is 24.6 Å². The number of aromatic nitrogens is 2. The summed E-state index contributed by atoms with van der Waals surface area (Å²) in [5.41, 5.74) is 5.83. The number of nitrogens with one attached hydrogen (secondary N) is 1. The molecule has 1 saturated carbocycles. The molecule has 1 aliphatic carbocycles. The van der Waals surface area contributed by atoms with Gasteiger partial charge in [0, 0.05) is 19.7 Å². The summed E-state index contributed by atoms with van der Waals surface area (Å²) < 4.78 is 1.88. The van der Waals surface area contributed by atoms with Crippen molar-refractivity contribution in [3.8, 4) is 0 Å². The maximum Gasteiger partial charge on any atom is 0.123 e. The largest absolute Gasteiger partial charge is 0.370 e. The van der Waals surface area contributed by atoms with Gasteiger partial charge in [0.2, 0.25) is 0 Å². The molecule has 1 aliphatic rings. The van der Waals surface area contributed by atoms with Gasteiger partial charge in [0.05, 0.1) is 6.20 Å². The quantitative estimate of drug-likeness (QED) is 0.813. The Kier molecular flexibility index (Phi) is 3.83. The predicted octanol–water partition coefficient (Wildman–Crippen LogP) is 1.60. The van der Waals surface area contributed by atoms with E-state index in [9.17, 15) is 0 Å². The lowest BCUT2D eigenvalue weighted by Gasteiger charge is -2.30. The van der Waals surface area contributed by atoms with Crippen LogP contribution in [0.5, 0.6) is 0 Å². The Morgan fingerprint density at radius 2 is 2.19 bits per heavy atom. The molecular weight excluding hydrogens is 200 g/mol. The molecule has 2 rings (SSSR count). The first kappa shape index (κ1) is 11.5. The summed E-state index contributed by atoms with van der Waals surface area (Å²) in [6.45, 7) is 1.86. The van der Waals surface area contributed by atoms with Gasteiger partial charge < -0.3 is 11.1 Å². The molecule has 4 heteroatoms. The average Bonchev–Trinajstić information content (AvgIpc) is 2.72. The Morgan fingerprint density at radius 1 is 1.44 bits per heavy atom. The van der Waals surface area contributed by atoms with Crippen LogP contribution in [-0.2, 0) is 7.05 Å². The third-order valence-corrected chi connectivity index (χ3v) is 3.74. The second-order valence-electron chi connectivity index (χ2n) is 4.76. The Hall–Kier alpha value is -1.03. The van der Waals surface area contributed by atoms with Crippen LogP contribution in [0.25, 0.3) is 0 Å². The average molecular weight is 222 g/mol. The molecule has 2 unspecified atom stereocenters. The van der Waals surface area contributed by atoms with Crippen molar-refractivity contribution in [2.75, 3.05) is 18.4 Å². The van der Waals surface area contributed by atoms with E-state index < -0.39 is 0 Å². The highest BCUT2D eigenvalue weighted by molar-refractivity contribution is 5.33. The van der Waals surface area contributed by atoms with Gasteiger partial charge in [-0.3, -0.25) is 4.68 Å². The summed E-state index contributed by atoms with van der Waals surface area (Å²) in [5.74, 6) is 2.53. The van der Waals surface area contributed by atoms with E-state index >= 15 is 0 Å². The summed E-state index contributed by atoms with van der Waals surface area (Å²) >= 11 is 0. The van der Waals surface area contributed by atoms with Crippen molar-refractivity contribution in [1.29, 1.82) is 0 Å². The zero-order valence-electron chi connectivity index (χ0n) is 10.0. The van der Waals surface area contributed by atoms with Gasteiger partial charge in [-0.2, -0.15) is 5.10 Å². The SMILES string of the molecule is Cn1nccc1NCC1CCCCC1CN. The maximum absolute atomic E-state index is 5.83. The van der Waals surface area contributed by atoms with Crippen LogP contribution in [0, 0.1) is 11.8 Å². The highest BCUT2D eigenvalue weighted by atomic mass is 15.3. The number of nitrogens with two attached hydrogens (primary N) is 1. The summed E-state index contributed by atoms with van der Waals surface area (Å²) in [4.78, 5) is 0. The molecular formula is C12H22N4. The van der Waals surface area contributed by atoms with Crippen molar-refractivity contribution in [3.05, 3.63) is 12.3 Å². The minimum absolute atomic E-state index is 0.703. The van der Waals surface area contributed by atoms with E-state index in [-0.39, 0.29) is 0 Å². The lowest BCUT2D eigenvalue weighted by molar-refractivity contribution is 0.255. The van der Waals surface area contributed by atoms with Crippen molar-refractivity contribution < 1.29 is 0 Å². The van der Waals surface area contributed by atoms with Gasteiger partial charge in [-0.05, 0) is 31.2 Å². The second-order valence-corrected chi connectivity index (χ2v) is 4.76. The van der Waals surface area contributed by atoms with E-state index in [2.05, 4.69) is 10.4 Å². The van der Waals surface area contributed by atoms with Crippen molar-refractivity contribution >= 4 is 5.82 Å². The third kappa shape index (κ3) is 2.55. The first-order chi connectivity index (χ1) is 7.81. The number of hydrogen-bond acceptors (Lipinski definition) is 3. The van der Waals surface area contributed by atoms with Gasteiger partial charge in [0.25, 0.3) is 0 Å². The normalized spacial score (nSPS) is 25.6. The summed E-state index contributed by atoms with van der Waals surface area (Å²) in [6, 6.07) is 2.01. The zero-order valence-corrected chi connectivity index (χ0v) is 10.0. The van der Waals surface area contributed by atoms with Gasteiger partial charge in [-0.25, -0.2) is 0 Å². The van der Waals surface area contributed by atoms with Crippen molar-refractivity contribution in [3.63, 3.8) is 0 Å². The van der Waals surface area contributed by atoms with Crippen LogP contribution in [0.2, 0.25) is 0 Å². The third-order valence-electron chi connectivity index (χ3n) is 3.74. The Morgan fingerprint density at radius 3 is 2.81 bits per heavy atom. The number of nitrogens with zero attached hydrogens (tertiary/aromatic N) is 2. The van der Waals surface area contributed by atoms with E-state index in [0.29, 0.717) is 5.92 Å². The van der Waals surface area contributed by atoms with Gasteiger partial charge in [-0.15, -0.1) is 0 Å². The Labute approximate surface area is 97.2 Å². The number of aryl methyl sites for hydroxylation is 1. The molecule has 1 aromatic rings. The number of hydrogen-bond donors (Lipinski definition) is 2. The smallest absolute Gasteiger partial charge is 0.123 e. The standard InChI is InChI=1S/C12H22N4/c1-16-12(6-7-15-16)14-9-11-5-3-2-4-10(11)8-13/h6-7,10-11,14H,2-5,8-9,13H2,1H3. The molecule has 2 atom stereocenters. The zero-order chi connectivity index (χ0) is 11.4. The minimum atomic E-state index is 0.703. The Balaban J connectivity index is 1.86. The van der Waals surface area contributed by atoms with E-state index in [4.69, 9.17) is 5.73 Å². The number of anilines is 1. The molecule has 0 aromatic carbocycles. The first-order valence-electron chi connectivity index (χ1n) is 6.23. The highest BCUT2D eigenvalue weighted by Gasteiger charge is 2.23. The van der Waals surface area contributed by atoms with Crippen LogP contribution < -0.4 is 11.1 Å². The summed E-state index contributed by atoms with van der Waals surface area (Å²) in [6.07, 6.45) is 7.14. The maximum atomic E-state index is 5.83. The monoisotopic (exact) mass is 222 g/mol. The van der Waals surface area contributed by atoms with Crippen molar-refractivity contribution in [1.82, 2.24) is 9.78 Å². The summed E-state index contributed by atoms with van der Waals surface area (Å²) in [5, 5.41) is 7.62. The van der Waals surface area contributed by atoms with E-state index in [1.54, 1.807) is 0 Å². The predicted molar refractivity (Wildman–Crippen MR) is 66.2 cm³/mol. The van der Waals surface area contributed by atoms with Gasteiger partial charge >= 0.3 is 0 Å². The van der Waals surface area contributed by atoms with Gasteiger partial charge in [0.15, 0.2) is 0 Å². The lowest BCUT2D eigenvalue weighted by atomic mass is 9.79. The molecule has 4 nitrogen and oxygen atoms in total.